The molecule has 0 bridgehead atoms. The van der Waals surface area contributed by atoms with E-state index in [1.54, 1.807) is 0 Å². The summed E-state index contributed by atoms with van der Waals surface area (Å²) in [6.07, 6.45) is 2.05. The Kier molecular flexibility index (Phi) is 2.68. The molecule has 0 aliphatic rings. The predicted molar refractivity (Wildman–Crippen MR) is 65.4 cm³/mol. The number of aryl methyl sites for hydroxylation is 1. The summed E-state index contributed by atoms with van der Waals surface area (Å²) in [5.41, 5.74) is 6.60. The Balaban J connectivity index is 2.59. The van der Waals surface area contributed by atoms with Crippen LogP contribution in [0, 0.1) is 5.41 Å². The topological polar surface area (TPSA) is 54.8 Å². The Morgan fingerprint density at radius 2 is 2.20 bits per heavy atom. The number of rotatable bonds is 2. The number of aromatic nitrogens is 1. The van der Waals surface area contributed by atoms with E-state index in [2.05, 4.69) is 29.8 Å². The van der Waals surface area contributed by atoms with Gasteiger partial charge >= 0.3 is 0 Å². The van der Waals surface area contributed by atoms with Gasteiger partial charge in [0.25, 0.3) is 0 Å². The lowest BCUT2D eigenvalue weighted by Crippen LogP contribution is -2.02. The van der Waals surface area contributed by atoms with Gasteiger partial charge in [0.15, 0.2) is 5.17 Å². The standard InChI is InChI=1S/C11H13N3S/c1-2-14-7-10(15-11(12)13)8-5-3-4-6-9(8)14/h3-7H,2H2,1H3,(H3,12,13). The third kappa shape index (κ3) is 1.85. The first-order chi connectivity index (χ1) is 7.22. The summed E-state index contributed by atoms with van der Waals surface area (Å²) in [5, 5.41) is 8.60. The van der Waals surface area contributed by atoms with Crippen molar-refractivity contribution in [3.8, 4) is 0 Å². The van der Waals surface area contributed by atoms with E-state index in [0.29, 0.717) is 0 Å². The van der Waals surface area contributed by atoms with Crippen LogP contribution in [0.1, 0.15) is 6.92 Å². The maximum absolute atomic E-state index is 7.30. The lowest BCUT2D eigenvalue weighted by atomic mass is 10.2. The summed E-state index contributed by atoms with van der Waals surface area (Å²) in [7, 11) is 0. The van der Waals surface area contributed by atoms with Gasteiger partial charge in [0.05, 0.1) is 0 Å². The lowest BCUT2D eigenvalue weighted by Gasteiger charge is -1.97. The molecule has 3 nitrogen and oxygen atoms in total. The van der Waals surface area contributed by atoms with Crippen molar-refractivity contribution in [3.63, 3.8) is 0 Å². The quantitative estimate of drug-likeness (QED) is 0.463. The van der Waals surface area contributed by atoms with Crippen LogP contribution >= 0.6 is 11.8 Å². The Morgan fingerprint density at radius 3 is 2.87 bits per heavy atom. The van der Waals surface area contributed by atoms with Crippen molar-refractivity contribution in [3.05, 3.63) is 30.5 Å². The third-order valence-electron chi connectivity index (χ3n) is 2.31. The Morgan fingerprint density at radius 1 is 1.47 bits per heavy atom. The molecule has 0 saturated heterocycles. The molecule has 0 atom stereocenters. The van der Waals surface area contributed by atoms with Crippen LogP contribution in [0.2, 0.25) is 0 Å². The maximum Gasteiger partial charge on any atom is 0.156 e. The van der Waals surface area contributed by atoms with Crippen LogP contribution in [0.5, 0.6) is 0 Å². The molecule has 0 spiro atoms. The number of nitrogens with zero attached hydrogens (tertiary/aromatic N) is 1. The molecule has 0 radical (unpaired) electrons. The van der Waals surface area contributed by atoms with Gasteiger partial charge in [-0.25, -0.2) is 0 Å². The number of para-hydroxylation sites is 1. The van der Waals surface area contributed by atoms with E-state index in [9.17, 15) is 0 Å². The summed E-state index contributed by atoms with van der Waals surface area (Å²) >= 11 is 1.30. The summed E-state index contributed by atoms with van der Waals surface area (Å²) in [6, 6.07) is 8.18. The lowest BCUT2D eigenvalue weighted by molar-refractivity contribution is 0.792. The fraction of sp³-hybridized carbons (Fsp3) is 0.182. The van der Waals surface area contributed by atoms with Crippen molar-refractivity contribution in [1.29, 1.82) is 5.41 Å². The van der Waals surface area contributed by atoms with Crippen LogP contribution < -0.4 is 5.73 Å². The van der Waals surface area contributed by atoms with Gasteiger partial charge < -0.3 is 10.3 Å². The van der Waals surface area contributed by atoms with Crippen molar-refractivity contribution in [1.82, 2.24) is 4.57 Å². The van der Waals surface area contributed by atoms with E-state index < -0.39 is 0 Å². The molecule has 1 aromatic heterocycles. The second-order valence-electron chi connectivity index (χ2n) is 3.26. The third-order valence-corrected chi connectivity index (χ3v) is 3.08. The Bertz CT molecular complexity index is 502. The molecule has 78 valence electrons. The molecule has 15 heavy (non-hydrogen) atoms. The number of hydrogen-bond acceptors (Lipinski definition) is 2. The fourth-order valence-corrected chi connectivity index (χ4v) is 2.37. The van der Waals surface area contributed by atoms with Crippen LogP contribution in [-0.2, 0) is 6.54 Å². The average molecular weight is 219 g/mol. The van der Waals surface area contributed by atoms with E-state index in [1.165, 1.54) is 22.7 Å². The minimum Gasteiger partial charge on any atom is -0.378 e. The molecule has 0 aliphatic heterocycles. The van der Waals surface area contributed by atoms with Gasteiger partial charge in [-0.2, -0.15) is 0 Å². The van der Waals surface area contributed by atoms with Gasteiger partial charge in [-0.15, -0.1) is 0 Å². The van der Waals surface area contributed by atoms with Crippen molar-refractivity contribution < 1.29 is 0 Å². The molecule has 0 amide bonds. The smallest absolute Gasteiger partial charge is 0.156 e. The normalized spacial score (nSPS) is 10.7. The van der Waals surface area contributed by atoms with Crippen molar-refractivity contribution in [2.45, 2.75) is 18.4 Å². The molecule has 1 aromatic carbocycles. The highest BCUT2D eigenvalue weighted by atomic mass is 32.2. The van der Waals surface area contributed by atoms with E-state index in [-0.39, 0.29) is 5.17 Å². The monoisotopic (exact) mass is 219 g/mol. The first-order valence-electron chi connectivity index (χ1n) is 4.82. The molecule has 2 aromatic rings. The van der Waals surface area contributed by atoms with Gasteiger partial charge in [-0.1, -0.05) is 30.0 Å². The number of nitrogens with two attached hydrogens (primary N) is 1. The number of hydrogen-bond donors (Lipinski definition) is 2. The van der Waals surface area contributed by atoms with Gasteiger partial charge in [0.2, 0.25) is 0 Å². The highest BCUT2D eigenvalue weighted by Gasteiger charge is 2.08. The highest BCUT2D eigenvalue weighted by Crippen LogP contribution is 2.29. The zero-order valence-electron chi connectivity index (χ0n) is 8.53. The fourth-order valence-electron chi connectivity index (χ4n) is 1.67. The largest absolute Gasteiger partial charge is 0.378 e. The average Bonchev–Trinajstić information content (AvgIpc) is 2.56. The van der Waals surface area contributed by atoms with E-state index in [0.717, 1.165) is 11.4 Å². The highest BCUT2D eigenvalue weighted by molar-refractivity contribution is 8.13. The number of amidine groups is 1. The summed E-state index contributed by atoms with van der Waals surface area (Å²) < 4.78 is 2.17. The van der Waals surface area contributed by atoms with E-state index in [4.69, 9.17) is 11.1 Å². The first-order valence-corrected chi connectivity index (χ1v) is 5.63. The minimum absolute atomic E-state index is 0.133. The van der Waals surface area contributed by atoms with Gasteiger partial charge in [0, 0.05) is 28.5 Å². The van der Waals surface area contributed by atoms with Gasteiger partial charge in [0.1, 0.15) is 0 Å². The molecule has 1 heterocycles. The maximum atomic E-state index is 7.30. The molecule has 0 aliphatic carbocycles. The molecule has 0 saturated carbocycles. The second kappa shape index (κ2) is 3.98. The SMILES string of the molecule is CCn1cc(SC(=N)N)c2ccccc21. The van der Waals surface area contributed by atoms with E-state index >= 15 is 0 Å². The zero-order valence-corrected chi connectivity index (χ0v) is 9.34. The molecular formula is C11H13N3S. The van der Waals surface area contributed by atoms with Gasteiger partial charge in [-0.3, -0.25) is 5.41 Å². The Labute approximate surface area is 92.8 Å². The van der Waals surface area contributed by atoms with Crippen LogP contribution in [0.15, 0.2) is 35.4 Å². The zero-order chi connectivity index (χ0) is 10.8. The van der Waals surface area contributed by atoms with Crippen LogP contribution in [0.4, 0.5) is 0 Å². The molecule has 0 fully saturated rings. The van der Waals surface area contributed by atoms with Crippen molar-refractivity contribution >= 4 is 27.8 Å². The van der Waals surface area contributed by atoms with Crippen LogP contribution in [0.25, 0.3) is 10.9 Å². The minimum atomic E-state index is 0.133. The summed E-state index contributed by atoms with van der Waals surface area (Å²) in [4.78, 5) is 1.06. The molecule has 2 rings (SSSR count). The van der Waals surface area contributed by atoms with Crippen molar-refractivity contribution in [2.24, 2.45) is 5.73 Å². The Hall–Kier alpha value is -1.42. The molecule has 0 unspecified atom stereocenters. The van der Waals surface area contributed by atoms with Gasteiger partial charge in [-0.05, 0) is 13.0 Å². The molecule has 4 heteroatoms. The number of thioether (sulfide) groups is 1. The molecular weight excluding hydrogens is 206 g/mol. The van der Waals surface area contributed by atoms with Crippen LogP contribution in [-0.4, -0.2) is 9.73 Å². The second-order valence-corrected chi connectivity index (χ2v) is 4.35. The molecule has 3 N–H and O–H groups in total. The number of benzene rings is 1. The van der Waals surface area contributed by atoms with Crippen LogP contribution in [0.3, 0.4) is 0 Å². The first kappa shape index (κ1) is 10.1. The van der Waals surface area contributed by atoms with E-state index in [1.807, 2.05) is 12.1 Å². The summed E-state index contributed by atoms with van der Waals surface area (Å²) in [5.74, 6) is 0. The summed E-state index contributed by atoms with van der Waals surface area (Å²) in [6.45, 7) is 3.04. The predicted octanol–water partition coefficient (Wildman–Crippen LogP) is 2.65. The van der Waals surface area contributed by atoms with Crippen molar-refractivity contribution in [2.75, 3.05) is 0 Å². The number of nitrogens with one attached hydrogen (secondary N) is 1. The number of fused-ring (bicyclic) bond motifs is 1.